The topological polar surface area (TPSA) is 103 Å². The molecule has 2 saturated heterocycles. The smallest absolute Gasteiger partial charge is 0.475 e. The van der Waals surface area contributed by atoms with Gasteiger partial charge >= 0.3 is 24.3 Å². The number of furan rings is 1. The molecule has 0 bridgehead atoms. The minimum atomic E-state index is -5.08. The number of ether oxygens (including phenoxy) is 1. The zero-order chi connectivity index (χ0) is 27.0. The Balaban J connectivity index is 0.000000271. The van der Waals surface area contributed by atoms with Gasteiger partial charge in [-0.1, -0.05) is 0 Å². The number of hydrogen-bond acceptors (Lipinski definition) is 6. The van der Waals surface area contributed by atoms with Gasteiger partial charge in [-0.3, -0.25) is 4.90 Å². The minimum Gasteiger partial charge on any atom is -0.475 e. The van der Waals surface area contributed by atoms with Crippen LogP contribution < -0.4 is 0 Å². The third kappa shape index (κ3) is 10.7. The van der Waals surface area contributed by atoms with E-state index in [4.69, 9.17) is 29.0 Å². The lowest BCUT2D eigenvalue weighted by Crippen LogP contribution is -2.50. The molecule has 1 aliphatic carbocycles. The van der Waals surface area contributed by atoms with Crippen LogP contribution in [0.2, 0.25) is 0 Å². The molecule has 1 aromatic heterocycles. The van der Waals surface area contributed by atoms with Crippen molar-refractivity contribution in [1.82, 2.24) is 9.80 Å². The standard InChI is InChI=1S/C18H28N2O2.2C2HF3O2/c1-3-17(22-9-1)12-19-7-2-6-18(13-19)14-20(8-10-21-15-18)11-16-4-5-16;2*3-2(4,5)1(6)7/h1,3,9,16H,2,4-8,10-15H2;2*(H,6,7). The van der Waals surface area contributed by atoms with E-state index in [2.05, 4.69) is 15.9 Å². The van der Waals surface area contributed by atoms with Gasteiger partial charge < -0.3 is 24.3 Å². The first-order valence-corrected chi connectivity index (χ1v) is 11.4. The van der Waals surface area contributed by atoms with Crippen molar-refractivity contribution in [2.24, 2.45) is 11.3 Å². The monoisotopic (exact) mass is 532 g/mol. The summed E-state index contributed by atoms with van der Waals surface area (Å²) in [6, 6.07) is 4.07. The number of hydrogen-bond donors (Lipinski definition) is 2. The zero-order valence-electron chi connectivity index (χ0n) is 19.5. The first kappa shape index (κ1) is 29.9. The van der Waals surface area contributed by atoms with Crippen molar-refractivity contribution in [3.63, 3.8) is 0 Å². The number of alkyl halides is 6. The van der Waals surface area contributed by atoms with Crippen molar-refractivity contribution in [3.05, 3.63) is 24.2 Å². The van der Waals surface area contributed by atoms with Gasteiger partial charge in [0.25, 0.3) is 0 Å². The summed E-state index contributed by atoms with van der Waals surface area (Å²) in [7, 11) is 0. The highest BCUT2D eigenvalue weighted by molar-refractivity contribution is 5.73. The molecule has 3 heterocycles. The van der Waals surface area contributed by atoms with Crippen LogP contribution in [0.3, 0.4) is 0 Å². The van der Waals surface area contributed by atoms with Crippen LogP contribution in [0.15, 0.2) is 22.8 Å². The Labute approximate surface area is 203 Å². The van der Waals surface area contributed by atoms with Crippen molar-refractivity contribution in [2.45, 2.75) is 44.6 Å². The van der Waals surface area contributed by atoms with Gasteiger partial charge in [-0.05, 0) is 50.3 Å². The van der Waals surface area contributed by atoms with Crippen LogP contribution >= 0.6 is 0 Å². The van der Waals surface area contributed by atoms with Crippen LogP contribution in [-0.4, -0.2) is 90.2 Å². The Bertz CT molecular complexity index is 804. The number of carboxylic acid groups (broad SMARTS) is 2. The molecule has 2 N–H and O–H groups in total. The molecule has 2 aliphatic heterocycles. The van der Waals surface area contributed by atoms with E-state index in [9.17, 15) is 26.3 Å². The molecular formula is C22H30F6N2O6. The molecule has 14 heteroatoms. The summed E-state index contributed by atoms with van der Waals surface area (Å²) >= 11 is 0. The second-order valence-electron chi connectivity index (χ2n) is 9.23. The number of likely N-dealkylation sites (tertiary alicyclic amines) is 1. The summed E-state index contributed by atoms with van der Waals surface area (Å²) in [5, 5.41) is 14.2. The molecule has 3 fully saturated rings. The van der Waals surface area contributed by atoms with Gasteiger partial charge in [-0.2, -0.15) is 26.3 Å². The van der Waals surface area contributed by atoms with Crippen molar-refractivity contribution < 1.29 is 55.3 Å². The Morgan fingerprint density at radius 2 is 1.58 bits per heavy atom. The van der Waals surface area contributed by atoms with Crippen molar-refractivity contribution >= 4 is 11.9 Å². The lowest BCUT2D eigenvalue weighted by molar-refractivity contribution is -0.193. The van der Waals surface area contributed by atoms with E-state index in [-0.39, 0.29) is 0 Å². The Morgan fingerprint density at radius 1 is 1.00 bits per heavy atom. The number of carboxylic acids is 2. The Kier molecular flexibility index (Phi) is 10.6. The average Bonchev–Trinajstić information content (AvgIpc) is 3.47. The largest absolute Gasteiger partial charge is 0.490 e. The first-order valence-electron chi connectivity index (χ1n) is 11.4. The molecule has 1 spiro atoms. The number of rotatable bonds is 4. The average molecular weight is 532 g/mol. The van der Waals surface area contributed by atoms with E-state index in [1.807, 2.05) is 6.07 Å². The van der Waals surface area contributed by atoms with Crippen molar-refractivity contribution in [3.8, 4) is 0 Å². The Morgan fingerprint density at radius 3 is 2.08 bits per heavy atom. The normalized spacial score (nSPS) is 23.6. The predicted octanol–water partition coefficient (Wildman–Crippen LogP) is 3.87. The molecule has 1 aromatic rings. The molecule has 0 aromatic carbocycles. The van der Waals surface area contributed by atoms with E-state index in [0.717, 1.165) is 44.5 Å². The third-order valence-corrected chi connectivity index (χ3v) is 5.92. The van der Waals surface area contributed by atoms with Gasteiger partial charge in [-0.15, -0.1) is 0 Å². The van der Waals surface area contributed by atoms with Crippen LogP contribution in [-0.2, 0) is 20.9 Å². The summed E-state index contributed by atoms with van der Waals surface area (Å²) in [6.45, 7) is 8.75. The molecule has 3 aliphatic rings. The summed E-state index contributed by atoms with van der Waals surface area (Å²) in [5.41, 5.74) is 0.330. The second-order valence-corrected chi connectivity index (χ2v) is 9.23. The zero-order valence-corrected chi connectivity index (χ0v) is 19.5. The molecule has 0 amide bonds. The summed E-state index contributed by atoms with van der Waals surface area (Å²) in [4.78, 5) is 23.0. The first-order chi connectivity index (χ1) is 16.7. The molecule has 206 valence electrons. The maximum Gasteiger partial charge on any atom is 0.490 e. The van der Waals surface area contributed by atoms with Gasteiger partial charge in [0, 0.05) is 31.6 Å². The maximum atomic E-state index is 10.6. The summed E-state index contributed by atoms with van der Waals surface area (Å²) in [5.74, 6) is -3.46. The van der Waals surface area contributed by atoms with Gasteiger partial charge in [0.2, 0.25) is 0 Å². The minimum absolute atomic E-state index is 0.330. The lowest BCUT2D eigenvalue weighted by Gasteiger charge is -2.43. The molecule has 8 nitrogen and oxygen atoms in total. The number of aliphatic carboxylic acids is 2. The van der Waals surface area contributed by atoms with Gasteiger partial charge in [-0.25, -0.2) is 9.59 Å². The highest BCUT2D eigenvalue weighted by Gasteiger charge is 2.40. The van der Waals surface area contributed by atoms with E-state index >= 15 is 0 Å². The lowest BCUT2D eigenvalue weighted by atomic mass is 9.80. The molecule has 1 atom stereocenters. The van der Waals surface area contributed by atoms with E-state index in [1.54, 1.807) is 6.26 Å². The second kappa shape index (κ2) is 12.8. The summed E-state index contributed by atoms with van der Waals surface area (Å²) in [6.07, 6.45) is -2.92. The van der Waals surface area contributed by atoms with Crippen LogP contribution in [0.5, 0.6) is 0 Å². The van der Waals surface area contributed by atoms with Crippen molar-refractivity contribution in [1.29, 1.82) is 0 Å². The SMILES string of the molecule is O=C(O)C(F)(F)F.O=C(O)C(F)(F)F.c1coc(CN2CCCC3(COCCN(CC4CC4)C3)C2)c1. The third-order valence-electron chi connectivity index (χ3n) is 5.92. The van der Waals surface area contributed by atoms with E-state index in [1.165, 1.54) is 45.3 Å². The van der Waals surface area contributed by atoms with E-state index in [0.29, 0.717) is 5.41 Å². The molecule has 1 saturated carbocycles. The van der Waals surface area contributed by atoms with Crippen LogP contribution in [0.4, 0.5) is 26.3 Å². The fourth-order valence-electron chi connectivity index (χ4n) is 4.22. The van der Waals surface area contributed by atoms with Gasteiger partial charge in [0.15, 0.2) is 0 Å². The van der Waals surface area contributed by atoms with Gasteiger partial charge in [0.05, 0.1) is 26.0 Å². The fraction of sp³-hybridized carbons (Fsp3) is 0.727. The maximum absolute atomic E-state index is 10.6. The fourth-order valence-corrected chi connectivity index (χ4v) is 4.22. The molecule has 1 unspecified atom stereocenters. The number of carbonyl (C=O) groups is 2. The Hall–Kier alpha value is -2.32. The van der Waals surface area contributed by atoms with Gasteiger partial charge in [0.1, 0.15) is 5.76 Å². The number of nitrogens with zero attached hydrogens (tertiary/aromatic N) is 2. The molecule has 0 radical (unpaired) electrons. The highest BCUT2D eigenvalue weighted by atomic mass is 19.4. The van der Waals surface area contributed by atoms with Crippen LogP contribution in [0.1, 0.15) is 31.4 Å². The predicted molar refractivity (Wildman–Crippen MR) is 113 cm³/mol. The molecule has 36 heavy (non-hydrogen) atoms. The van der Waals surface area contributed by atoms with E-state index < -0.39 is 24.3 Å². The van der Waals surface area contributed by atoms with Crippen LogP contribution in [0, 0.1) is 11.3 Å². The summed E-state index contributed by atoms with van der Waals surface area (Å²) < 4.78 is 75.0. The van der Waals surface area contributed by atoms with Crippen molar-refractivity contribution in [2.75, 3.05) is 45.9 Å². The highest BCUT2D eigenvalue weighted by Crippen LogP contribution is 2.36. The molecule has 4 rings (SSSR count). The quantitative estimate of drug-likeness (QED) is 0.564. The number of piperidine rings is 1. The molecular weight excluding hydrogens is 502 g/mol. The van der Waals surface area contributed by atoms with Crippen LogP contribution in [0.25, 0.3) is 0 Å². The number of halogens is 6.